The van der Waals surface area contributed by atoms with E-state index >= 15 is 0 Å². The number of nitrogens with one attached hydrogen (secondary N) is 2. The summed E-state index contributed by atoms with van der Waals surface area (Å²) >= 11 is 0. The van der Waals surface area contributed by atoms with Gasteiger partial charge in [-0.2, -0.15) is 0 Å². The Balaban J connectivity index is 4.13. The number of aliphatic hydroxyl groups is 1. The monoisotopic (exact) mass is 189 g/mol. The smallest absolute Gasteiger partial charge is 0.244 e. The van der Waals surface area contributed by atoms with Crippen molar-refractivity contribution in [1.82, 2.24) is 10.6 Å². The molecule has 0 heterocycles. The Labute approximate surface area is 76.5 Å². The van der Waals surface area contributed by atoms with Gasteiger partial charge in [-0.1, -0.05) is 0 Å². The second kappa shape index (κ2) is 5.50. The quantitative estimate of drug-likeness (QED) is 0.394. The molecule has 0 aliphatic carbocycles. The van der Waals surface area contributed by atoms with Gasteiger partial charge >= 0.3 is 0 Å². The molecule has 0 aliphatic heterocycles. The van der Waals surface area contributed by atoms with Crippen molar-refractivity contribution in [3.8, 4) is 0 Å². The number of aliphatic hydroxyl groups excluding tert-OH is 1. The molecule has 0 rings (SSSR count). The standard InChI is InChI=1S/C7H15N3O3/c1-4(8)6(12)10-5(3-11)7(13)9-2/h4-5,11H,3,8H2,1-2H3,(H,9,13)(H,10,12)/t4-,5-/m0/s1. The van der Waals surface area contributed by atoms with E-state index in [2.05, 4.69) is 10.6 Å². The third-order valence-corrected chi connectivity index (χ3v) is 1.48. The highest BCUT2D eigenvalue weighted by Crippen LogP contribution is 1.84. The van der Waals surface area contributed by atoms with E-state index in [1.54, 1.807) is 0 Å². The lowest BCUT2D eigenvalue weighted by molar-refractivity contribution is -0.130. The highest BCUT2D eigenvalue weighted by Gasteiger charge is 2.19. The number of hydrogen-bond donors (Lipinski definition) is 4. The first-order valence-electron chi connectivity index (χ1n) is 3.91. The van der Waals surface area contributed by atoms with Gasteiger partial charge in [-0.25, -0.2) is 0 Å². The number of carbonyl (C=O) groups is 2. The van der Waals surface area contributed by atoms with E-state index in [1.165, 1.54) is 14.0 Å². The molecule has 5 N–H and O–H groups in total. The van der Waals surface area contributed by atoms with E-state index in [9.17, 15) is 9.59 Å². The molecule has 0 radical (unpaired) electrons. The van der Waals surface area contributed by atoms with Gasteiger partial charge in [0.25, 0.3) is 0 Å². The van der Waals surface area contributed by atoms with Crippen LogP contribution in [0.2, 0.25) is 0 Å². The molecule has 0 aromatic carbocycles. The molecular weight excluding hydrogens is 174 g/mol. The summed E-state index contributed by atoms with van der Waals surface area (Å²) in [6, 6.07) is -1.62. The zero-order valence-electron chi connectivity index (χ0n) is 7.70. The highest BCUT2D eigenvalue weighted by molar-refractivity contribution is 5.89. The summed E-state index contributed by atoms with van der Waals surface area (Å²) in [7, 11) is 1.42. The summed E-state index contributed by atoms with van der Waals surface area (Å²) < 4.78 is 0. The van der Waals surface area contributed by atoms with Crippen LogP contribution in [0.5, 0.6) is 0 Å². The number of nitrogens with two attached hydrogens (primary N) is 1. The second-order valence-electron chi connectivity index (χ2n) is 2.65. The number of carbonyl (C=O) groups excluding carboxylic acids is 2. The molecule has 0 saturated carbocycles. The van der Waals surface area contributed by atoms with E-state index in [0.29, 0.717) is 0 Å². The summed E-state index contributed by atoms with van der Waals surface area (Å²) in [5.74, 6) is -0.917. The SMILES string of the molecule is CNC(=O)[C@H](CO)NC(=O)[C@H](C)N. The lowest BCUT2D eigenvalue weighted by Gasteiger charge is -2.15. The van der Waals surface area contributed by atoms with Crippen LogP contribution in [0.15, 0.2) is 0 Å². The molecule has 0 aromatic rings. The van der Waals surface area contributed by atoms with Gasteiger partial charge in [0.1, 0.15) is 6.04 Å². The molecule has 0 unspecified atom stereocenters. The van der Waals surface area contributed by atoms with Crippen LogP contribution in [-0.2, 0) is 9.59 Å². The molecular formula is C7H15N3O3. The third-order valence-electron chi connectivity index (χ3n) is 1.48. The maximum absolute atomic E-state index is 11.0. The minimum atomic E-state index is -0.927. The molecule has 13 heavy (non-hydrogen) atoms. The van der Waals surface area contributed by atoms with Crippen LogP contribution in [0, 0.1) is 0 Å². The summed E-state index contributed by atoms with van der Waals surface area (Å²) in [5.41, 5.74) is 5.26. The molecule has 0 fully saturated rings. The van der Waals surface area contributed by atoms with Crippen molar-refractivity contribution in [1.29, 1.82) is 0 Å². The second-order valence-corrected chi connectivity index (χ2v) is 2.65. The molecule has 2 amide bonds. The van der Waals surface area contributed by atoms with Crippen LogP contribution in [0.25, 0.3) is 0 Å². The molecule has 6 nitrogen and oxygen atoms in total. The van der Waals surface area contributed by atoms with Crippen molar-refractivity contribution in [2.45, 2.75) is 19.0 Å². The summed E-state index contributed by atoms with van der Waals surface area (Å²) in [6.45, 7) is 1.05. The summed E-state index contributed by atoms with van der Waals surface area (Å²) in [4.78, 5) is 22.0. The Hall–Kier alpha value is -1.14. The Kier molecular flexibility index (Phi) is 5.01. The Bertz CT molecular complexity index is 193. The maximum Gasteiger partial charge on any atom is 0.244 e. The Morgan fingerprint density at radius 2 is 2.00 bits per heavy atom. The van der Waals surface area contributed by atoms with Crippen molar-refractivity contribution < 1.29 is 14.7 Å². The first kappa shape index (κ1) is 11.9. The van der Waals surface area contributed by atoms with Gasteiger partial charge in [0.15, 0.2) is 0 Å². The van der Waals surface area contributed by atoms with Gasteiger partial charge in [-0.05, 0) is 6.92 Å². The molecule has 0 aliphatic rings. The molecule has 6 heteroatoms. The van der Waals surface area contributed by atoms with E-state index in [4.69, 9.17) is 10.8 Å². The van der Waals surface area contributed by atoms with Crippen LogP contribution in [0.3, 0.4) is 0 Å². The normalized spacial score (nSPS) is 14.5. The van der Waals surface area contributed by atoms with Crippen LogP contribution < -0.4 is 16.4 Å². The van der Waals surface area contributed by atoms with Crippen molar-refractivity contribution in [2.24, 2.45) is 5.73 Å². The van der Waals surface area contributed by atoms with Gasteiger partial charge < -0.3 is 21.5 Å². The minimum absolute atomic E-state index is 0.446. The predicted octanol–water partition coefficient (Wildman–Crippen LogP) is -2.44. The zero-order chi connectivity index (χ0) is 10.4. The van der Waals surface area contributed by atoms with E-state index in [1.807, 2.05) is 0 Å². The fourth-order valence-corrected chi connectivity index (χ4v) is 0.672. The lowest BCUT2D eigenvalue weighted by atomic mass is 10.2. The topological polar surface area (TPSA) is 104 Å². The van der Waals surface area contributed by atoms with Crippen molar-refractivity contribution >= 4 is 11.8 Å². The van der Waals surface area contributed by atoms with Crippen LogP contribution >= 0.6 is 0 Å². The first-order valence-corrected chi connectivity index (χ1v) is 3.91. The van der Waals surface area contributed by atoms with Gasteiger partial charge in [0, 0.05) is 7.05 Å². The number of hydrogen-bond acceptors (Lipinski definition) is 4. The van der Waals surface area contributed by atoms with Crippen molar-refractivity contribution in [3.05, 3.63) is 0 Å². The largest absolute Gasteiger partial charge is 0.394 e. The molecule has 76 valence electrons. The van der Waals surface area contributed by atoms with Crippen molar-refractivity contribution in [2.75, 3.05) is 13.7 Å². The zero-order valence-corrected chi connectivity index (χ0v) is 7.70. The minimum Gasteiger partial charge on any atom is -0.394 e. The molecule has 0 saturated heterocycles. The fourth-order valence-electron chi connectivity index (χ4n) is 0.672. The highest BCUT2D eigenvalue weighted by atomic mass is 16.3. The fraction of sp³-hybridized carbons (Fsp3) is 0.714. The average Bonchev–Trinajstić information content (AvgIpc) is 2.12. The molecule has 0 aromatic heterocycles. The Morgan fingerprint density at radius 3 is 2.31 bits per heavy atom. The number of rotatable bonds is 4. The van der Waals surface area contributed by atoms with Gasteiger partial charge in [0.05, 0.1) is 12.6 Å². The maximum atomic E-state index is 11.0. The van der Waals surface area contributed by atoms with Gasteiger partial charge in [-0.15, -0.1) is 0 Å². The average molecular weight is 189 g/mol. The van der Waals surface area contributed by atoms with Crippen LogP contribution in [0.1, 0.15) is 6.92 Å². The van der Waals surface area contributed by atoms with Crippen LogP contribution in [0.4, 0.5) is 0 Å². The van der Waals surface area contributed by atoms with E-state index < -0.39 is 30.5 Å². The summed E-state index contributed by atoms with van der Waals surface area (Å²) in [5, 5.41) is 13.3. The van der Waals surface area contributed by atoms with E-state index in [0.717, 1.165) is 0 Å². The molecule has 0 spiro atoms. The number of amides is 2. The Morgan fingerprint density at radius 1 is 1.46 bits per heavy atom. The lowest BCUT2D eigenvalue weighted by Crippen LogP contribution is -2.51. The molecule has 0 bridgehead atoms. The summed E-state index contributed by atoms with van der Waals surface area (Å²) in [6.07, 6.45) is 0. The van der Waals surface area contributed by atoms with Gasteiger partial charge in [-0.3, -0.25) is 9.59 Å². The van der Waals surface area contributed by atoms with Gasteiger partial charge in [0.2, 0.25) is 11.8 Å². The predicted molar refractivity (Wildman–Crippen MR) is 46.7 cm³/mol. The third kappa shape index (κ3) is 3.86. The number of likely N-dealkylation sites (N-methyl/N-ethyl adjacent to an activating group) is 1. The first-order chi connectivity index (χ1) is 6.02. The molecule has 2 atom stereocenters. The van der Waals surface area contributed by atoms with E-state index in [-0.39, 0.29) is 0 Å². The van der Waals surface area contributed by atoms with Crippen molar-refractivity contribution in [3.63, 3.8) is 0 Å². The van der Waals surface area contributed by atoms with Crippen LogP contribution in [-0.4, -0.2) is 42.7 Å².